The number of rotatable bonds is 4. The van der Waals surface area contributed by atoms with E-state index in [1.165, 1.54) is 23.8 Å². The topological polar surface area (TPSA) is 25.2 Å². The number of benzene rings is 1. The Morgan fingerprint density at radius 2 is 2.06 bits per heavy atom. The number of nitrogens with one attached hydrogen (secondary N) is 1. The third kappa shape index (κ3) is 2.05. The van der Waals surface area contributed by atoms with Crippen LogP contribution >= 0.6 is 0 Å². The maximum absolute atomic E-state index is 5.98. The minimum Gasteiger partial charge on any atom is -0.459 e. The molecule has 1 aliphatic carbocycles. The second-order valence-corrected chi connectivity index (χ2v) is 6.00. The molecule has 2 heteroatoms. The Morgan fingerprint density at radius 3 is 2.72 bits per heavy atom. The number of hydrogen-bond donors (Lipinski definition) is 1. The molecule has 2 aromatic rings. The van der Waals surface area contributed by atoms with Crippen molar-refractivity contribution in [2.75, 3.05) is 6.54 Å². The smallest absolute Gasteiger partial charge is 0.134 e. The van der Waals surface area contributed by atoms with Crippen molar-refractivity contribution in [2.24, 2.45) is 5.41 Å². The molecule has 3 rings (SSSR count). The number of para-hydroxylation sites is 1. The molecule has 0 saturated heterocycles. The van der Waals surface area contributed by atoms with E-state index in [1.54, 1.807) is 0 Å². The normalized spacial score (nSPS) is 19.1. The van der Waals surface area contributed by atoms with E-state index in [4.69, 9.17) is 4.42 Å². The van der Waals surface area contributed by atoms with Gasteiger partial charge in [0.2, 0.25) is 0 Å². The molecule has 1 saturated carbocycles. The number of furan rings is 1. The summed E-state index contributed by atoms with van der Waals surface area (Å²) in [5.74, 6) is 1.08. The SMILES string of the molecule is Cc1c(C(C)NCC2(C)CC2)oc2ccccc12. The van der Waals surface area contributed by atoms with Gasteiger partial charge in [0.25, 0.3) is 0 Å². The van der Waals surface area contributed by atoms with Crippen LogP contribution in [-0.2, 0) is 0 Å². The highest BCUT2D eigenvalue weighted by molar-refractivity contribution is 5.82. The van der Waals surface area contributed by atoms with Crippen LogP contribution < -0.4 is 5.32 Å². The Hall–Kier alpha value is -1.28. The van der Waals surface area contributed by atoms with E-state index >= 15 is 0 Å². The van der Waals surface area contributed by atoms with Crippen molar-refractivity contribution in [3.05, 3.63) is 35.6 Å². The van der Waals surface area contributed by atoms with Gasteiger partial charge in [0.15, 0.2) is 0 Å². The van der Waals surface area contributed by atoms with Crippen molar-refractivity contribution >= 4 is 11.0 Å². The van der Waals surface area contributed by atoms with Crippen molar-refractivity contribution in [3.8, 4) is 0 Å². The Labute approximate surface area is 108 Å². The average molecular weight is 243 g/mol. The van der Waals surface area contributed by atoms with Crippen LogP contribution in [-0.4, -0.2) is 6.54 Å². The Kier molecular flexibility index (Phi) is 2.70. The monoisotopic (exact) mass is 243 g/mol. The largest absolute Gasteiger partial charge is 0.459 e. The molecule has 1 fully saturated rings. The molecule has 1 aliphatic rings. The van der Waals surface area contributed by atoms with Crippen LogP contribution in [0.4, 0.5) is 0 Å². The summed E-state index contributed by atoms with van der Waals surface area (Å²) in [5, 5.41) is 4.84. The molecule has 18 heavy (non-hydrogen) atoms. The van der Waals surface area contributed by atoms with Gasteiger partial charge in [0.05, 0.1) is 6.04 Å². The molecule has 1 aromatic carbocycles. The first-order valence-electron chi connectivity index (χ1n) is 6.80. The third-order valence-electron chi connectivity index (χ3n) is 4.21. The standard InChI is InChI=1S/C16H21NO/c1-11-13-6-4-5-7-14(13)18-15(11)12(2)17-10-16(3)8-9-16/h4-7,12,17H,8-10H2,1-3H3. The van der Waals surface area contributed by atoms with Crippen molar-refractivity contribution in [2.45, 2.75) is 39.7 Å². The predicted molar refractivity (Wildman–Crippen MR) is 74.7 cm³/mol. The van der Waals surface area contributed by atoms with Gasteiger partial charge in [-0.1, -0.05) is 25.1 Å². The fraction of sp³-hybridized carbons (Fsp3) is 0.500. The van der Waals surface area contributed by atoms with Crippen LogP contribution in [0.15, 0.2) is 28.7 Å². The van der Waals surface area contributed by atoms with E-state index in [0.29, 0.717) is 5.41 Å². The van der Waals surface area contributed by atoms with Gasteiger partial charge >= 0.3 is 0 Å². The Bertz CT molecular complexity index is 565. The quantitative estimate of drug-likeness (QED) is 0.871. The second-order valence-electron chi connectivity index (χ2n) is 6.00. The molecule has 0 bridgehead atoms. The third-order valence-corrected chi connectivity index (χ3v) is 4.21. The van der Waals surface area contributed by atoms with Gasteiger partial charge in [-0.2, -0.15) is 0 Å². The summed E-state index contributed by atoms with van der Waals surface area (Å²) in [6.07, 6.45) is 2.71. The van der Waals surface area contributed by atoms with Crippen molar-refractivity contribution < 1.29 is 4.42 Å². The van der Waals surface area contributed by atoms with Gasteiger partial charge in [-0.05, 0) is 43.7 Å². The predicted octanol–water partition coefficient (Wildman–Crippen LogP) is 4.19. The first kappa shape index (κ1) is 11.8. The van der Waals surface area contributed by atoms with Crippen LogP contribution in [0.3, 0.4) is 0 Å². The van der Waals surface area contributed by atoms with Crippen molar-refractivity contribution in [1.82, 2.24) is 5.32 Å². The van der Waals surface area contributed by atoms with Gasteiger partial charge in [0.1, 0.15) is 11.3 Å². The van der Waals surface area contributed by atoms with E-state index in [-0.39, 0.29) is 6.04 Å². The fourth-order valence-corrected chi connectivity index (χ4v) is 2.49. The van der Waals surface area contributed by atoms with E-state index < -0.39 is 0 Å². The number of aryl methyl sites for hydroxylation is 1. The van der Waals surface area contributed by atoms with Gasteiger partial charge < -0.3 is 9.73 Å². The second kappa shape index (κ2) is 4.13. The average Bonchev–Trinajstić information content (AvgIpc) is 3.02. The molecule has 96 valence electrons. The van der Waals surface area contributed by atoms with Crippen molar-refractivity contribution in [3.63, 3.8) is 0 Å². The molecule has 1 aromatic heterocycles. The highest BCUT2D eigenvalue weighted by atomic mass is 16.3. The van der Waals surface area contributed by atoms with Crippen LogP contribution in [0.5, 0.6) is 0 Å². The number of fused-ring (bicyclic) bond motifs is 1. The molecule has 0 radical (unpaired) electrons. The lowest BCUT2D eigenvalue weighted by molar-refractivity contribution is 0.406. The summed E-state index contributed by atoms with van der Waals surface area (Å²) in [6.45, 7) is 7.78. The van der Waals surface area contributed by atoms with Crippen LogP contribution in [0, 0.1) is 12.3 Å². The summed E-state index contributed by atoms with van der Waals surface area (Å²) < 4.78 is 5.98. The zero-order chi connectivity index (χ0) is 12.8. The van der Waals surface area contributed by atoms with E-state index in [0.717, 1.165) is 17.9 Å². The minimum absolute atomic E-state index is 0.287. The molecular formula is C16H21NO. The van der Waals surface area contributed by atoms with E-state index in [2.05, 4.69) is 38.2 Å². The zero-order valence-corrected chi connectivity index (χ0v) is 11.4. The molecule has 0 aliphatic heterocycles. The lowest BCUT2D eigenvalue weighted by Crippen LogP contribution is -2.25. The summed E-state index contributed by atoms with van der Waals surface area (Å²) in [7, 11) is 0. The molecule has 2 nitrogen and oxygen atoms in total. The molecule has 1 atom stereocenters. The summed E-state index contributed by atoms with van der Waals surface area (Å²) in [6, 6.07) is 8.55. The van der Waals surface area contributed by atoms with Gasteiger partial charge in [0, 0.05) is 11.9 Å². The van der Waals surface area contributed by atoms with E-state index in [1.807, 2.05) is 12.1 Å². The Morgan fingerprint density at radius 1 is 1.33 bits per heavy atom. The van der Waals surface area contributed by atoms with Gasteiger partial charge in [-0.3, -0.25) is 0 Å². The molecule has 1 unspecified atom stereocenters. The minimum atomic E-state index is 0.287. The van der Waals surface area contributed by atoms with Crippen molar-refractivity contribution in [1.29, 1.82) is 0 Å². The lowest BCUT2D eigenvalue weighted by Gasteiger charge is -2.15. The molecule has 1 N–H and O–H groups in total. The molecule has 0 amide bonds. The summed E-state index contributed by atoms with van der Waals surface area (Å²) >= 11 is 0. The summed E-state index contributed by atoms with van der Waals surface area (Å²) in [5.41, 5.74) is 2.80. The van der Waals surface area contributed by atoms with Crippen LogP contribution in [0.2, 0.25) is 0 Å². The highest BCUT2D eigenvalue weighted by Crippen LogP contribution is 2.44. The highest BCUT2D eigenvalue weighted by Gasteiger charge is 2.37. The van der Waals surface area contributed by atoms with E-state index in [9.17, 15) is 0 Å². The zero-order valence-electron chi connectivity index (χ0n) is 11.4. The first-order valence-corrected chi connectivity index (χ1v) is 6.80. The van der Waals surface area contributed by atoms with Gasteiger partial charge in [-0.15, -0.1) is 0 Å². The summed E-state index contributed by atoms with van der Waals surface area (Å²) in [4.78, 5) is 0. The molecule has 0 spiro atoms. The first-order chi connectivity index (χ1) is 8.59. The maximum atomic E-state index is 5.98. The lowest BCUT2D eigenvalue weighted by atomic mass is 10.1. The molecule has 1 heterocycles. The van der Waals surface area contributed by atoms with Crippen LogP contribution in [0.25, 0.3) is 11.0 Å². The Balaban J connectivity index is 1.82. The maximum Gasteiger partial charge on any atom is 0.134 e. The van der Waals surface area contributed by atoms with Crippen LogP contribution in [0.1, 0.15) is 44.1 Å². The number of hydrogen-bond acceptors (Lipinski definition) is 2. The molecular weight excluding hydrogens is 222 g/mol. The fourth-order valence-electron chi connectivity index (χ4n) is 2.49. The van der Waals surface area contributed by atoms with Gasteiger partial charge in [-0.25, -0.2) is 0 Å².